The van der Waals surface area contributed by atoms with Crippen LogP contribution in [0.25, 0.3) is 6.08 Å². The lowest BCUT2D eigenvalue weighted by Gasteiger charge is -2.25. The third kappa shape index (κ3) is 9.59. The number of rotatable bonds is 10. The Kier molecular flexibility index (Phi) is 12.5. The Morgan fingerprint density at radius 3 is 2.58 bits per heavy atom. The van der Waals surface area contributed by atoms with Crippen LogP contribution in [0.15, 0.2) is 60.7 Å². The zero-order valence-electron chi connectivity index (χ0n) is 26.9. The predicted molar refractivity (Wildman–Crippen MR) is 174 cm³/mol. The maximum absolute atomic E-state index is 13.7. The van der Waals surface area contributed by atoms with Crippen molar-refractivity contribution in [1.29, 1.82) is 0 Å². The summed E-state index contributed by atoms with van der Waals surface area (Å²) in [6, 6.07) is 12.3. The number of hydrogen-bond donors (Lipinski definition) is 0. The summed E-state index contributed by atoms with van der Waals surface area (Å²) in [4.78, 5) is 26.8. The average Bonchev–Trinajstić information content (AvgIpc) is 3.33. The van der Waals surface area contributed by atoms with Gasteiger partial charge in [-0.2, -0.15) is 11.8 Å². The first-order chi connectivity index (χ1) is 21.6. The zero-order valence-corrected chi connectivity index (χ0v) is 27.7. The fraction of sp³-hybridized carbons (Fsp3) is 0.486. The van der Waals surface area contributed by atoms with Gasteiger partial charge in [0.2, 0.25) is 0 Å². The minimum Gasteiger partial charge on any atom is -0.493 e. The fourth-order valence-corrected chi connectivity index (χ4v) is 5.49. The number of methoxy groups -OCH3 is 1. The summed E-state index contributed by atoms with van der Waals surface area (Å²) in [6.07, 6.45) is 8.44. The molecule has 0 aromatic heterocycles. The van der Waals surface area contributed by atoms with Gasteiger partial charge in [-0.3, -0.25) is 0 Å². The molecule has 2 heterocycles. The van der Waals surface area contributed by atoms with Crippen LogP contribution in [0.2, 0.25) is 0 Å². The molecule has 9 nitrogen and oxygen atoms in total. The highest BCUT2D eigenvalue weighted by atomic mass is 32.2. The monoisotopic (exact) mass is 640 g/mol. The van der Waals surface area contributed by atoms with Gasteiger partial charge in [-0.15, -0.1) is 0 Å². The normalized spacial score (nSPS) is 25.3. The summed E-state index contributed by atoms with van der Waals surface area (Å²) in [7, 11) is 1.52. The van der Waals surface area contributed by atoms with Gasteiger partial charge in [0.25, 0.3) is 0 Å². The topological polar surface area (TPSA) is 98.8 Å². The second kappa shape index (κ2) is 16.3. The first-order valence-corrected chi connectivity index (χ1v) is 16.6. The molecule has 0 spiro atoms. The highest BCUT2D eigenvalue weighted by Crippen LogP contribution is 2.36. The second-order valence-corrected chi connectivity index (χ2v) is 12.5. The molecule has 2 aromatic carbocycles. The van der Waals surface area contributed by atoms with Crippen LogP contribution in [0.5, 0.6) is 11.5 Å². The molecule has 5 atom stereocenters. The molecule has 1 unspecified atom stereocenters. The van der Waals surface area contributed by atoms with Crippen molar-refractivity contribution < 1.29 is 42.7 Å². The molecular weight excluding hydrogens is 596 g/mol. The van der Waals surface area contributed by atoms with E-state index in [2.05, 4.69) is 6.26 Å². The van der Waals surface area contributed by atoms with Crippen LogP contribution < -0.4 is 9.47 Å². The van der Waals surface area contributed by atoms with Gasteiger partial charge < -0.3 is 33.2 Å². The lowest BCUT2D eigenvalue weighted by Crippen LogP contribution is -2.37. The van der Waals surface area contributed by atoms with E-state index in [-0.39, 0.29) is 18.3 Å². The van der Waals surface area contributed by atoms with Gasteiger partial charge in [-0.1, -0.05) is 43.4 Å². The molecular formula is C35H44O9S. The Morgan fingerprint density at radius 1 is 1.07 bits per heavy atom. The van der Waals surface area contributed by atoms with Gasteiger partial charge in [0.15, 0.2) is 12.6 Å². The van der Waals surface area contributed by atoms with E-state index in [9.17, 15) is 9.59 Å². The fourth-order valence-electron chi connectivity index (χ4n) is 5.08. The third-order valence-corrected chi connectivity index (χ3v) is 8.20. The molecule has 2 aliphatic heterocycles. The summed E-state index contributed by atoms with van der Waals surface area (Å²) in [5, 5.41) is 0. The van der Waals surface area contributed by atoms with Gasteiger partial charge in [-0.25, -0.2) is 9.59 Å². The largest absolute Gasteiger partial charge is 0.493 e. The van der Waals surface area contributed by atoms with Crippen molar-refractivity contribution in [3.8, 4) is 11.5 Å². The van der Waals surface area contributed by atoms with E-state index in [1.54, 1.807) is 48.2 Å². The van der Waals surface area contributed by atoms with Gasteiger partial charge in [0.05, 0.1) is 18.3 Å². The van der Waals surface area contributed by atoms with Crippen molar-refractivity contribution in [2.75, 3.05) is 32.5 Å². The van der Waals surface area contributed by atoms with E-state index in [1.807, 2.05) is 58.1 Å². The summed E-state index contributed by atoms with van der Waals surface area (Å²) in [5.74, 6) is -0.302. The molecule has 10 heteroatoms. The third-order valence-electron chi connectivity index (χ3n) is 7.51. The molecule has 0 bridgehead atoms. The highest BCUT2D eigenvalue weighted by molar-refractivity contribution is 7.98. The van der Waals surface area contributed by atoms with Crippen molar-refractivity contribution in [1.82, 2.24) is 0 Å². The molecule has 2 aromatic rings. The van der Waals surface area contributed by atoms with Gasteiger partial charge in [0.1, 0.15) is 35.4 Å². The molecule has 4 rings (SSSR count). The van der Waals surface area contributed by atoms with Crippen molar-refractivity contribution in [3.63, 3.8) is 0 Å². The molecule has 2 aliphatic rings. The number of fused-ring (bicyclic) bond motifs is 2. The Bertz CT molecular complexity index is 1340. The number of carbonyl (C=O) groups is 2. The first-order valence-electron chi connectivity index (χ1n) is 15.2. The maximum atomic E-state index is 13.7. The maximum Gasteiger partial charge on any atom is 0.342 e. The Labute approximate surface area is 270 Å². The summed E-state index contributed by atoms with van der Waals surface area (Å²) in [6.45, 7) is 7.89. The molecule has 1 fully saturated rings. The number of carbonyl (C=O) groups excluding carboxylic acids is 2. The summed E-state index contributed by atoms with van der Waals surface area (Å²) < 4.78 is 41.7. The molecule has 0 N–H and O–H groups in total. The van der Waals surface area contributed by atoms with Crippen LogP contribution in [0.4, 0.5) is 0 Å². The summed E-state index contributed by atoms with van der Waals surface area (Å²) >= 11 is 1.75. The van der Waals surface area contributed by atoms with E-state index in [1.165, 1.54) is 7.11 Å². The van der Waals surface area contributed by atoms with Crippen molar-refractivity contribution in [2.24, 2.45) is 5.92 Å². The smallest absolute Gasteiger partial charge is 0.342 e. The van der Waals surface area contributed by atoms with Crippen LogP contribution in [-0.4, -0.2) is 74.7 Å². The van der Waals surface area contributed by atoms with Crippen LogP contribution in [0.3, 0.4) is 0 Å². The molecule has 0 saturated carbocycles. The van der Waals surface area contributed by atoms with Crippen LogP contribution in [-0.2, 0) is 23.7 Å². The van der Waals surface area contributed by atoms with E-state index in [0.29, 0.717) is 35.7 Å². The van der Waals surface area contributed by atoms with Crippen LogP contribution in [0, 0.1) is 5.92 Å². The summed E-state index contributed by atoms with van der Waals surface area (Å²) in [5.41, 5.74) is 1.28. The van der Waals surface area contributed by atoms with Crippen molar-refractivity contribution in [2.45, 2.75) is 70.7 Å². The van der Waals surface area contributed by atoms with Gasteiger partial charge in [0, 0.05) is 19.1 Å². The van der Waals surface area contributed by atoms with Crippen LogP contribution >= 0.6 is 11.8 Å². The number of esters is 2. The number of thioether (sulfide) groups is 1. The Hall–Kier alpha value is -3.31. The van der Waals surface area contributed by atoms with Crippen molar-refractivity contribution >= 4 is 29.8 Å². The van der Waals surface area contributed by atoms with Gasteiger partial charge >= 0.3 is 11.9 Å². The number of hydrogen-bond acceptors (Lipinski definition) is 10. The predicted octanol–water partition coefficient (Wildman–Crippen LogP) is 6.70. The lowest BCUT2D eigenvalue weighted by molar-refractivity contribution is -0.152. The average molecular weight is 641 g/mol. The first kappa shape index (κ1) is 34.6. The molecule has 244 valence electrons. The van der Waals surface area contributed by atoms with Crippen molar-refractivity contribution in [3.05, 3.63) is 77.4 Å². The molecule has 0 amide bonds. The SMILES string of the molecule is COCOc1cc(OCCCSC)cc2c1C(=O)O[C@@H](C)[C@H](C)/C=C\C(OC(=O)c1ccccc1)[C@H]1OC(C)(C)O[C@H]1CC=C2. The molecule has 0 aliphatic carbocycles. The minimum atomic E-state index is -0.906. The molecule has 1 saturated heterocycles. The molecule has 0 radical (unpaired) electrons. The number of benzene rings is 2. The van der Waals surface area contributed by atoms with Crippen LogP contribution in [0.1, 0.15) is 66.8 Å². The van der Waals surface area contributed by atoms with Gasteiger partial charge in [-0.05, 0) is 75.5 Å². The minimum absolute atomic E-state index is 0.0544. The number of ether oxygens (including phenoxy) is 7. The van der Waals surface area contributed by atoms with E-state index >= 15 is 0 Å². The van der Waals surface area contributed by atoms with E-state index < -0.39 is 42.1 Å². The molecule has 45 heavy (non-hydrogen) atoms. The Balaban J connectivity index is 1.72. The second-order valence-electron chi connectivity index (χ2n) is 11.5. The van der Waals surface area contributed by atoms with E-state index in [4.69, 9.17) is 33.2 Å². The standard InChI is InChI=1S/C35H44O9S/c1-23-16-17-28(42-33(36)25-12-8-7-9-13-25)32-29(43-35(3,4)44-32)15-10-14-26-20-27(39-18-11-19-45-6)21-30(40-22-38-5)31(26)34(37)41-24(23)2/h7-10,12-14,16-17,20-21,23-24,28-29,32H,11,15,18-19,22H2,1-6H3/b14-10?,17-16-/t23-,24+,28?,29+,32-/m1/s1. The Morgan fingerprint density at radius 2 is 1.84 bits per heavy atom. The highest BCUT2D eigenvalue weighted by Gasteiger charge is 2.45. The zero-order chi connectivity index (χ0) is 32.4. The van der Waals surface area contributed by atoms with E-state index in [0.717, 1.165) is 12.2 Å². The quantitative estimate of drug-likeness (QED) is 0.121. The number of cyclic esters (lactones) is 1. The lowest BCUT2D eigenvalue weighted by atomic mass is 9.98.